The molecule has 112 valence electrons. The number of aromatic nitrogens is 1. The third-order valence-electron chi connectivity index (χ3n) is 3.56. The summed E-state index contributed by atoms with van der Waals surface area (Å²) in [5.41, 5.74) is 0.344. The lowest BCUT2D eigenvalue weighted by atomic mass is 9.97. The third kappa shape index (κ3) is 3.80. The van der Waals surface area contributed by atoms with Crippen LogP contribution < -0.4 is 4.72 Å². The summed E-state index contributed by atoms with van der Waals surface area (Å²) in [7, 11) is -3.52. The normalized spacial score (nSPS) is 23.1. The molecule has 2 rings (SSSR count). The Hall–Kier alpha value is -1.41. The first-order valence-electron chi connectivity index (χ1n) is 6.50. The highest BCUT2D eigenvalue weighted by Crippen LogP contribution is 2.31. The minimum Gasteiger partial charge on any atom is -0.481 e. The minimum atomic E-state index is -3.52. The highest BCUT2D eigenvalue weighted by Gasteiger charge is 2.33. The molecule has 1 aliphatic rings. The van der Waals surface area contributed by atoms with Crippen LogP contribution in [0.4, 0.5) is 0 Å². The van der Waals surface area contributed by atoms with Gasteiger partial charge in [-0.2, -0.15) is 0 Å². The van der Waals surface area contributed by atoms with E-state index in [1.54, 1.807) is 13.0 Å². The van der Waals surface area contributed by atoms with Crippen molar-refractivity contribution in [3.63, 3.8) is 0 Å². The molecule has 0 aromatic carbocycles. The van der Waals surface area contributed by atoms with Crippen LogP contribution >= 0.6 is 0 Å². The molecule has 1 aliphatic carbocycles. The zero-order valence-electron chi connectivity index (χ0n) is 11.2. The monoisotopic (exact) mass is 302 g/mol. The number of sulfonamides is 1. The highest BCUT2D eigenvalue weighted by atomic mass is 32.2. The molecular formula is C12H18N2O5S. The van der Waals surface area contributed by atoms with E-state index in [1.165, 1.54) is 0 Å². The van der Waals surface area contributed by atoms with Crippen molar-refractivity contribution in [2.24, 2.45) is 11.8 Å². The second-order valence-corrected chi connectivity index (χ2v) is 6.98. The van der Waals surface area contributed by atoms with E-state index in [0.717, 1.165) is 12.8 Å². The summed E-state index contributed by atoms with van der Waals surface area (Å²) in [5, 5.41) is 12.7. The lowest BCUT2D eigenvalue weighted by Gasteiger charge is -2.16. The number of nitrogens with one attached hydrogen (secondary N) is 1. The molecule has 0 amide bonds. The SMILES string of the molecule is Cc1cc(CS(=O)(=O)NCC2CCCC2C(=O)O)no1. The van der Waals surface area contributed by atoms with Crippen molar-refractivity contribution in [2.75, 3.05) is 6.54 Å². The predicted molar refractivity (Wildman–Crippen MR) is 70.3 cm³/mol. The van der Waals surface area contributed by atoms with Crippen LogP contribution in [-0.4, -0.2) is 31.2 Å². The number of nitrogens with zero attached hydrogens (tertiary/aromatic N) is 1. The highest BCUT2D eigenvalue weighted by molar-refractivity contribution is 7.88. The zero-order chi connectivity index (χ0) is 14.8. The van der Waals surface area contributed by atoms with Gasteiger partial charge in [0.2, 0.25) is 10.0 Å². The van der Waals surface area contributed by atoms with Crippen molar-refractivity contribution in [3.05, 3.63) is 17.5 Å². The number of aliphatic carboxylic acids is 1. The maximum Gasteiger partial charge on any atom is 0.306 e. The van der Waals surface area contributed by atoms with Gasteiger partial charge in [0.05, 0.1) is 5.92 Å². The van der Waals surface area contributed by atoms with E-state index in [-0.39, 0.29) is 18.2 Å². The molecule has 2 N–H and O–H groups in total. The smallest absolute Gasteiger partial charge is 0.306 e. The topological polar surface area (TPSA) is 110 Å². The van der Waals surface area contributed by atoms with Gasteiger partial charge in [-0.25, -0.2) is 13.1 Å². The number of aryl methyl sites for hydroxylation is 1. The van der Waals surface area contributed by atoms with Gasteiger partial charge in [0.25, 0.3) is 0 Å². The second-order valence-electron chi connectivity index (χ2n) is 5.17. The number of carboxylic acid groups (broad SMARTS) is 1. The van der Waals surface area contributed by atoms with Crippen LogP contribution in [-0.2, 0) is 20.6 Å². The number of carboxylic acids is 1. The number of rotatable bonds is 6. The molecule has 8 heteroatoms. The van der Waals surface area contributed by atoms with E-state index < -0.39 is 21.9 Å². The van der Waals surface area contributed by atoms with Gasteiger partial charge >= 0.3 is 5.97 Å². The molecule has 0 saturated heterocycles. The molecular weight excluding hydrogens is 284 g/mol. The van der Waals surface area contributed by atoms with Crippen molar-refractivity contribution in [1.29, 1.82) is 0 Å². The summed E-state index contributed by atoms with van der Waals surface area (Å²) >= 11 is 0. The molecule has 1 heterocycles. The Morgan fingerprint density at radius 1 is 1.55 bits per heavy atom. The lowest BCUT2D eigenvalue weighted by molar-refractivity contribution is -0.142. The molecule has 20 heavy (non-hydrogen) atoms. The molecule has 0 aliphatic heterocycles. The Kier molecular flexibility index (Phi) is 4.44. The summed E-state index contributed by atoms with van der Waals surface area (Å²) in [5.74, 6) is -1.14. The Morgan fingerprint density at radius 3 is 2.90 bits per heavy atom. The van der Waals surface area contributed by atoms with Gasteiger partial charge in [0, 0.05) is 12.6 Å². The van der Waals surface area contributed by atoms with Crippen molar-refractivity contribution in [2.45, 2.75) is 31.9 Å². The maximum atomic E-state index is 11.9. The molecule has 1 aromatic heterocycles. The lowest BCUT2D eigenvalue weighted by Crippen LogP contribution is -2.33. The molecule has 0 radical (unpaired) electrons. The van der Waals surface area contributed by atoms with Crippen molar-refractivity contribution >= 4 is 16.0 Å². The van der Waals surface area contributed by atoms with E-state index in [0.29, 0.717) is 17.9 Å². The van der Waals surface area contributed by atoms with E-state index >= 15 is 0 Å². The quantitative estimate of drug-likeness (QED) is 0.808. The molecule has 1 fully saturated rings. The Labute approximate surface area is 117 Å². The molecule has 2 atom stereocenters. The fraction of sp³-hybridized carbons (Fsp3) is 0.667. The molecule has 1 aromatic rings. The van der Waals surface area contributed by atoms with Crippen LogP contribution in [0.1, 0.15) is 30.7 Å². The van der Waals surface area contributed by atoms with Crippen LogP contribution in [0.3, 0.4) is 0 Å². The summed E-state index contributed by atoms with van der Waals surface area (Å²) < 4.78 is 31.1. The average molecular weight is 302 g/mol. The first-order chi connectivity index (χ1) is 9.37. The first-order valence-corrected chi connectivity index (χ1v) is 8.15. The molecule has 2 unspecified atom stereocenters. The van der Waals surface area contributed by atoms with Crippen LogP contribution in [0.25, 0.3) is 0 Å². The largest absolute Gasteiger partial charge is 0.481 e. The second kappa shape index (κ2) is 5.92. The van der Waals surface area contributed by atoms with Gasteiger partial charge in [-0.15, -0.1) is 0 Å². The number of carbonyl (C=O) groups is 1. The Bertz CT molecular complexity index is 580. The van der Waals surface area contributed by atoms with E-state index in [4.69, 9.17) is 9.63 Å². The van der Waals surface area contributed by atoms with Crippen molar-refractivity contribution in [3.8, 4) is 0 Å². The third-order valence-corrected chi connectivity index (χ3v) is 4.84. The molecule has 1 saturated carbocycles. The standard InChI is InChI=1S/C12H18N2O5S/c1-8-5-10(14-19-8)7-20(17,18)13-6-9-3-2-4-11(9)12(15)16/h5,9,11,13H,2-4,6-7H2,1H3,(H,15,16). The average Bonchev–Trinajstić information content (AvgIpc) is 2.95. The summed E-state index contributed by atoms with van der Waals surface area (Å²) in [6.45, 7) is 1.85. The number of hydrogen-bond donors (Lipinski definition) is 2. The van der Waals surface area contributed by atoms with Crippen molar-refractivity contribution < 1.29 is 22.8 Å². The van der Waals surface area contributed by atoms with E-state index in [9.17, 15) is 13.2 Å². The summed E-state index contributed by atoms with van der Waals surface area (Å²) in [6.07, 6.45) is 2.18. The maximum absolute atomic E-state index is 11.9. The van der Waals surface area contributed by atoms with E-state index in [1.807, 2.05) is 0 Å². The minimum absolute atomic E-state index is 0.138. The molecule has 0 bridgehead atoms. The van der Waals surface area contributed by atoms with Gasteiger partial charge in [-0.3, -0.25) is 4.79 Å². The zero-order valence-corrected chi connectivity index (χ0v) is 12.0. The van der Waals surface area contributed by atoms with Crippen molar-refractivity contribution in [1.82, 2.24) is 9.88 Å². The van der Waals surface area contributed by atoms with E-state index in [2.05, 4.69) is 9.88 Å². The van der Waals surface area contributed by atoms with Gasteiger partial charge in [-0.1, -0.05) is 11.6 Å². The first kappa shape index (κ1) is 15.0. The van der Waals surface area contributed by atoms with Gasteiger partial charge in [0.1, 0.15) is 17.2 Å². The molecule has 0 spiro atoms. The fourth-order valence-electron chi connectivity index (χ4n) is 2.57. The Morgan fingerprint density at radius 2 is 2.30 bits per heavy atom. The van der Waals surface area contributed by atoms with Crippen LogP contribution in [0.5, 0.6) is 0 Å². The van der Waals surface area contributed by atoms with Crippen LogP contribution in [0, 0.1) is 18.8 Å². The van der Waals surface area contributed by atoms with Gasteiger partial charge < -0.3 is 9.63 Å². The van der Waals surface area contributed by atoms with Gasteiger partial charge in [0.15, 0.2) is 0 Å². The fourth-order valence-corrected chi connectivity index (χ4v) is 3.67. The van der Waals surface area contributed by atoms with Crippen LogP contribution in [0.15, 0.2) is 10.6 Å². The Balaban J connectivity index is 1.90. The summed E-state index contributed by atoms with van der Waals surface area (Å²) in [4.78, 5) is 11.0. The molecule has 7 nitrogen and oxygen atoms in total. The predicted octanol–water partition coefficient (Wildman–Crippen LogP) is 0.903. The van der Waals surface area contributed by atoms with Gasteiger partial charge in [-0.05, 0) is 25.7 Å². The number of hydrogen-bond acceptors (Lipinski definition) is 5. The van der Waals surface area contributed by atoms with Crippen LogP contribution in [0.2, 0.25) is 0 Å². The summed E-state index contributed by atoms with van der Waals surface area (Å²) in [6, 6.07) is 1.56.